The molecule has 320 valence electrons. The molecular formula is C63H35N3O2S. The number of hydrogen-bond donors (Lipinski definition) is 0. The second-order valence-electron chi connectivity index (χ2n) is 17.7. The molecule has 69 heavy (non-hydrogen) atoms. The van der Waals surface area contributed by atoms with E-state index in [1.54, 1.807) is 0 Å². The Hall–Kier alpha value is -8.97. The Labute approximate surface area is 398 Å². The van der Waals surface area contributed by atoms with E-state index in [-0.39, 0.29) is 0 Å². The zero-order valence-corrected chi connectivity index (χ0v) is 37.6. The van der Waals surface area contributed by atoms with E-state index in [1.807, 2.05) is 35.6 Å². The maximum atomic E-state index is 6.92. The van der Waals surface area contributed by atoms with Gasteiger partial charge in [0.05, 0.1) is 5.56 Å². The SMILES string of the molecule is c1ccc2c(c1)cc(-c1nc(-c3ccc(-c4ccc(-c5cccc6c5sc5ccccc56)c5oc6ccccc6c45)c4ccccc34)nc(-c3cccc4c3oc3ccccc34)n1)c1ccccc12. The van der Waals surface area contributed by atoms with E-state index in [0.29, 0.717) is 17.5 Å². The van der Waals surface area contributed by atoms with Crippen molar-refractivity contribution in [2.45, 2.75) is 0 Å². The summed E-state index contributed by atoms with van der Waals surface area (Å²) in [5.74, 6) is 1.71. The predicted molar refractivity (Wildman–Crippen MR) is 287 cm³/mol. The van der Waals surface area contributed by atoms with Crippen molar-refractivity contribution in [3.63, 3.8) is 0 Å². The summed E-state index contributed by atoms with van der Waals surface area (Å²) < 4.78 is 16.1. The Morgan fingerprint density at radius 3 is 1.59 bits per heavy atom. The molecule has 15 aromatic rings. The molecule has 0 saturated carbocycles. The topological polar surface area (TPSA) is 65.0 Å². The molecule has 0 amide bonds. The molecule has 0 saturated heterocycles. The number of rotatable bonds is 5. The van der Waals surface area contributed by atoms with Gasteiger partial charge in [-0.2, -0.15) is 0 Å². The lowest BCUT2D eigenvalue weighted by Gasteiger charge is -2.15. The maximum Gasteiger partial charge on any atom is 0.167 e. The third-order valence-electron chi connectivity index (χ3n) is 14.0. The summed E-state index contributed by atoms with van der Waals surface area (Å²) in [4.78, 5) is 16.2. The number of hydrogen-bond acceptors (Lipinski definition) is 6. The molecule has 0 aliphatic heterocycles. The normalized spacial score (nSPS) is 12.1. The minimum absolute atomic E-state index is 0.542. The molecule has 0 aliphatic carbocycles. The molecule has 0 aliphatic rings. The highest BCUT2D eigenvalue weighted by molar-refractivity contribution is 7.26. The molecule has 0 N–H and O–H groups in total. The average molecular weight is 898 g/mol. The molecule has 0 fully saturated rings. The van der Waals surface area contributed by atoms with Gasteiger partial charge in [-0.05, 0) is 85.9 Å². The molecular weight excluding hydrogens is 863 g/mol. The number of para-hydroxylation sites is 3. The highest BCUT2D eigenvalue weighted by Gasteiger charge is 2.24. The Morgan fingerprint density at radius 2 is 0.797 bits per heavy atom. The first-order valence-corrected chi connectivity index (χ1v) is 24.0. The van der Waals surface area contributed by atoms with Crippen LogP contribution in [0.1, 0.15) is 0 Å². The van der Waals surface area contributed by atoms with Crippen molar-refractivity contribution in [3.8, 4) is 56.4 Å². The van der Waals surface area contributed by atoms with Gasteiger partial charge in [-0.3, -0.25) is 0 Å². The van der Waals surface area contributed by atoms with Crippen molar-refractivity contribution in [1.29, 1.82) is 0 Å². The van der Waals surface area contributed by atoms with Crippen LogP contribution in [-0.4, -0.2) is 15.0 Å². The maximum absolute atomic E-state index is 6.92. The minimum atomic E-state index is 0.542. The van der Waals surface area contributed by atoms with Gasteiger partial charge in [0.15, 0.2) is 17.5 Å². The van der Waals surface area contributed by atoms with E-state index in [9.17, 15) is 0 Å². The smallest absolute Gasteiger partial charge is 0.167 e. The molecule has 0 bridgehead atoms. The van der Waals surface area contributed by atoms with Crippen LogP contribution in [0.25, 0.3) is 153 Å². The van der Waals surface area contributed by atoms with Gasteiger partial charge in [-0.15, -0.1) is 11.3 Å². The molecule has 0 radical (unpaired) electrons. The summed E-state index contributed by atoms with van der Waals surface area (Å²) in [6, 6.07) is 74.9. The van der Waals surface area contributed by atoms with Crippen LogP contribution in [0.5, 0.6) is 0 Å². The van der Waals surface area contributed by atoms with E-state index >= 15 is 0 Å². The first kappa shape index (κ1) is 38.2. The summed E-state index contributed by atoms with van der Waals surface area (Å²) in [7, 11) is 0. The van der Waals surface area contributed by atoms with Crippen LogP contribution in [0.4, 0.5) is 0 Å². The minimum Gasteiger partial charge on any atom is -0.455 e. The number of thiophene rings is 1. The van der Waals surface area contributed by atoms with Crippen LogP contribution >= 0.6 is 11.3 Å². The van der Waals surface area contributed by atoms with Gasteiger partial charge >= 0.3 is 0 Å². The van der Waals surface area contributed by atoms with Gasteiger partial charge in [0.1, 0.15) is 22.3 Å². The van der Waals surface area contributed by atoms with Crippen LogP contribution in [0.3, 0.4) is 0 Å². The molecule has 0 unspecified atom stereocenters. The molecule has 0 spiro atoms. The van der Waals surface area contributed by atoms with E-state index in [0.717, 1.165) is 104 Å². The number of benzene rings is 11. The zero-order valence-electron chi connectivity index (χ0n) is 36.8. The van der Waals surface area contributed by atoms with Crippen molar-refractivity contribution < 1.29 is 8.83 Å². The van der Waals surface area contributed by atoms with E-state index < -0.39 is 0 Å². The van der Waals surface area contributed by atoms with Gasteiger partial charge in [-0.25, -0.2) is 15.0 Å². The fraction of sp³-hybridized carbons (Fsp3) is 0. The van der Waals surface area contributed by atoms with Crippen LogP contribution in [0.15, 0.2) is 221 Å². The zero-order chi connectivity index (χ0) is 45.2. The number of fused-ring (bicyclic) bond motifs is 13. The van der Waals surface area contributed by atoms with Crippen LogP contribution in [0, 0.1) is 0 Å². The fourth-order valence-corrected chi connectivity index (χ4v) is 12.1. The largest absolute Gasteiger partial charge is 0.455 e. The third-order valence-corrected chi connectivity index (χ3v) is 15.2. The monoisotopic (exact) mass is 897 g/mol. The number of furan rings is 2. The van der Waals surface area contributed by atoms with Gasteiger partial charge in [0.25, 0.3) is 0 Å². The van der Waals surface area contributed by atoms with Gasteiger partial charge < -0.3 is 8.83 Å². The lowest BCUT2D eigenvalue weighted by Crippen LogP contribution is -2.01. The summed E-state index contributed by atoms with van der Waals surface area (Å²) >= 11 is 1.84. The molecule has 5 nitrogen and oxygen atoms in total. The lowest BCUT2D eigenvalue weighted by molar-refractivity contribution is 0.669. The fourth-order valence-electron chi connectivity index (χ4n) is 10.9. The number of nitrogens with zero attached hydrogens (tertiary/aromatic N) is 3. The third kappa shape index (κ3) is 5.73. The summed E-state index contributed by atoms with van der Waals surface area (Å²) in [5.41, 5.74) is 10.4. The van der Waals surface area contributed by atoms with Crippen molar-refractivity contribution in [3.05, 3.63) is 212 Å². The van der Waals surface area contributed by atoms with Gasteiger partial charge in [0, 0.05) is 64.0 Å². The summed E-state index contributed by atoms with van der Waals surface area (Å²) in [5, 5.41) is 13.4. The standard InChI is InChI=1S/C63H35N3O2S/c1-2-16-37-36(15-1)35-53(41-20-6-3-17-38(37)41)63-65-61(64-62(66-63)52-27-13-24-46-43-21-7-10-28-54(43)67-58(46)52)50-34-31-42(39-18-4-5-19-40(39)50)45-32-33-47(59-57(45)51-23-8-11-29-55(51)68-59)49-26-14-25-48-44-22-9-12-30-56(44)69-60(48)49/h1-35H. The molecule has 0 atom stereocenters. The van der Waals surface area contributed by atoms with Crippen LogP contribution in [0.2, 0.25) is 0 Å². The molecule has 15 rings (SSSR count). The quantitative estimate of drug-likeness (QED) is 0.161. The van der Waals surface area contributed by atoms with E-state index in [4.69, 9.17) is 23.8 Å². The lowest BCUT2D eigenvalue weighted by atomic mass is 9.90. The van der Waals surface area contributed by atoms with Gasteiger partial charge in [-0.1, -0.05) is 170 Å². The van der Waals surface area contributed by atoms with E-state index in [1.165, 1.54) is 31.1 Å². The Bertz CT molecular complexity index is 4640. The van der Waals surface area contributed by atoms with Crippen molar-refractivity contribution in [1.82, 2.24) is 15.0 Å². The predicted octanol–water partition coefficient (Wildman–Crippen LogP) is 17.8. The molecule has 6 heteroatoms. The van der Waals surface area contributed by atoms with E-state index in [2.05, 4.69) is 188 Å². The second kappa shape index (κ2) is 14.8. The highest BCUT2D eigenvalue weighted by atomic mass is 32.1. The Balaban J connectivity index is 0.972. The average Bonchev–Trinajstić information content (AvgIpc) is 4.12. The summed E-state index contributed by atoms with van der Waals surface area (Å²) in [6.45, 7) is 0. The van der Waals surface area contributed by atoms with Crippen molar-refractivity contribution in [2.24, 2.45) is 0 Å². The molecule has 11 aromatic carbocycles. The summed E-state index contributed by atoms with van der Waals surface area (Å²) in [6.07, 6.45) is 0. The van der Waals surface area contributed by atoms with Crippen molar-refractivity contribution >= 4 is 108 Å². The first-order chi connectivity index (χ1) is 34.2. The molecule has 4 heterocycles. The van der Waals surface area contributed by atoms with Crippen LogP contribution in [-0.2, 0) is 0 Å². The Morgan fingerprint density at radius 1 is 0.290 bits per heavy atom. The van der Waals surface area contributed by atoms with Crippen LogP contribution < -0.4 is 0 Å². The van der Waals surface area contributed by atoms with Gasteiger partial charge in [0.2, 0.25) is 0 Å². The second-order valence-corrected chi connectivity index (χ2v) is 18.8. The number of aromatic nitrogens is 3. The molecule has 4 aromatic heterocycles. The van der Waals surface area contributed by atoms with Crippen molar-refractivity contribution in [2.75, 3.05) is 0 Å². The Kier molecular flexibility index (Phi) is 8.17. The highest BCUT2D eigenvalue weighted by Crippen LogP contribution is 2.48. The first-order valence-electron chi connectivity index (χ1n) is 23.2.